The highest BCUT2D eigenvalue weighted by molar-refractivity contribution is 5.85. The first-order valence-corrected chi connectivity index (χ1v) is 4.85. The molecule has 0 spiro atoms. The van der Waals surface area contributed by atoms with Gasteiger partial charge in [0, 0.05) is 0 Å². The Labute approximate surface area is 81.0 Å². The molecule has 2 rings (SSSR count). The van der Waals surface area contributed by atoms with Crippen molar-refractivity contribution in [3.63, 3.8) is 0 Å². The van der Waals surface area contributed by atoms with Gasteiger partial charge in [-0.05, 0) is 51.1 Å². The van der Waals surface area contributed by atoms with E-state index in [1.807, 2.05) is 0 Å². The van der Waals surface area contributed by atoms with Crippen molar-refractivity contribution in [1.29, 1.82) is 0 Å². The van der Waals surface area contributed by atoms with Crippen molar-refractivity contribution in [2.45, 2.75) is 32.1 Å². The summed E-state index contributed by atoms with van der Waals surface area (Å²) in [6.07, 6.45) is 9.44. The SMILES string of the molecule is C(=C1\CCCNCC1)/C1CC1.Cl. The van der Waals surface area contributed by atoms with Gasteiger partial charge in [0.15, 0.2) is 0 Å². The van der Waals surface area contributed by atoms with Crippen LogP contribution in [0.5, 0.6) is 0 Å². The van der Waals surface area contributed by atoms with E-state index in [2.05, 4.69) is 11.4 Å². The first-order valence-electron chi connectivity index (χ1n) is 4.85. The minimum absolute atomic E-state index is 0. The fourth-order valence-corrected chi connectivity index (χ4v) is 1.70. The zero-order chi connectivity index (χ0) is 7.52. The lowest BCUT2D eigenvalue weighted by Gasteiger charge is -1.99. The molecule has 1 heterocycles. The Morgan fingerprint density at radius 2 is 2.00 bits per heavy atom. The van der Waals surface area contributed by atoms with Crippen LogP contribution >= 0.6 is 12.4 Å². The molecule has 1 nitrogen and oxygen atoms in total. The van der Waals surface area contributed by atoms with Crippen LogP contribution in [0.1, 0.15) is 32.1 Å². The summed E-state index contributed by atoms with van der Waals surface area (Å²) in [5.41, 5.74) is 1.72. The molecule has 1 aliphatic heterocycles. The second-order valence-electron chi connectivity index (χ2n) is 3.77. The molecule has 0 bridgehead atoms. The monoisotopic (exact) mass is 187 g/mol. The summed E-state index contributed by atoms with van der Waals surface area (Å²) >= 11 is 0. The van der Waals surface area contributed by atoms with Gasteiger partial charge in [0.25, 0.3) is 0 Å². The van der Waals surface area contributed by atoms with Gasteiger partial charge in [-0.2, -0.15) is 0 Å². The molecule has 0 aromatic carbocycles. The predicted molar refractivity (Wildman–Crippen MR) is 54.8 cm³/mol. The van der Waals surface area contributed by atoms with E-state index in [1.54, 1.807) is 5.57 Å². The molecule has 70 valence electrons. The molecule has 2 fully saturated rings. The summed E-state index contributed by atoms with van der Waals surface area (Å²) in [7, 11) is 0. The van der Waals surface area contributed by atoms with Crippen LogP contribution in [-0.2, 0) is 0 Å². The van der Waals surface area contributed by atoms with Crippen LogP contribution in [0.4, 0.5) is 0 Å². The molecular weight excluding hydrogens is 170 g/mol. The van der Waals surface area contributed by atoms with Gasteiger partial charge in [0.2, 0.25) is 0 Å². The van der Waals surface area contributed by atoms with Crippen molar-refractivity contribution in [3.8, 4) is 0 Å². The summed E-state index contributed by atoms with van der Waals surface area (Å²) in [6.45, 7) is 2.43. The standard InChI is InChI=1S/C10H17N.ClH/c1-2-9(5-7-11-6-1)8-10-3-4-10;/h8,10-11H,1-7H2;1H/b9-8-;. The van der Waals surface area contributed by atoms with Crippen molar-refractivity contribution in [1.82, 2.24) is 5.32 Å². The lowest BCUT2D eigenvalue weighted by molar-refractivity contribution is 0.703. The van der Waals surface area contributed by atoms with Crippen LogP contribution in [0.3, 0.4) is 0 Å². The molecule has 0 aromatic rings. The highest BCUT2D eigenvalue weighted by Crippen LogP contribution is 2.32. The van der Waals surface area contributed by atoms with E-state index in [9.17, 15) is 0 Å². The molecule has 0 aromatic heterocycles. The van der Waals surface area contributed by atoms with E-state index >= 15 is 0 Å². The van der Waals surface area contributed by atoms with Crippen molar-refractivity contribution in [2.75, 3.05) is 13.1 Å². The number of hydrogen-bond acceptors (Lipinski definition) is 1. The van der Waals surface area contributed by atoms with Gasteiger partial charge in [0.1, 0.15) is 0 Å². The average molecular weight is 188 g/mol. The summed E-state index contributed by atoms with van der Waals surface area (Å²) in [5.74, 6) is 0.975. The van der Waals surface area contributed by atoms with Crippen LogP contribution in [0.15, 0.2) is 11.6 Å². The molecule has 0 radical (unpaired) electrons. The predicted octanol–water partition coefficient (Wildman–Crippen LogP) is 2.52. The van der Waals surface area contributed by atoms with Crippen LogP contribution < -0.4 is 5.32 Å². The Morgan fingerprint density at radius 1 is 1.17 bits per heavy atom. The van der Waals surface area contributed by atoms with Gasteiger partial charge < -0.3 is 5.32 Å². The lowest BCUT2D eigenvalue weighted by Crippen LogP contribution is -2.13. The second kappa shape index (κ2) is 4.88. The minimum atomic E-state index is 0. The molecule has 2 aliphatic rings. The quantitative estimate of drug-likeness (QED) is 0.623. The van der Waals surface area contributed by atoms with E-state index in [0.717, 1.165) is 5.92 Å². The number of allylic oxidation sites excluding steroid dienone is 1. The minimum Gasteiger partial charge on any atom is -0.316 e. The van der Waals surface area contributed by atoms with E-state index in [0.29, 0.717) is 0 Å². The molecule has 0 amide bonds. The number of halogens is 1. The summed E-state index contributed by atoms with van der Waals surface area (Å²) < 4.78 is 0. The smallest absolute Gasteiger partial charge is 0.00116 e. The Hall–Kier alpha value is -0.0100. The molecule has 1 saturated carbocycles. The van der Waals surface area contributed by atoms with Gasteiger partial charge in [-0.15, -0.1) is 12.4 Å². The highest BCUT2D eigenvalue weighted by atomic mass is 35.5. The Balaban J connectivity index is 0.000000720. The van der Waals surface area contributed by atoms with E-state index in [4.69, 9.17) is 0 Å². The van der Waals surface area contributed by atoms with Crippen molar-refractivity contribution in [2.24, 2.45) is 5.92 Å². The number of nitrogens with one attached hydrogen (secondary N) is 1. The van der Waals surface area contributed by atoms with Crippen molar-refractivity contribution >= 4 is 12.4 Å². The maximum atomic E-state index is 3.43. The lowest BCUT2D eigenvalue weighted by atomic mass is 10.1. The third-order valence-corrected chi connectivity index (χ3v) is 2.57. The fourth-order valence-electron chi connectivity index (χ4n) is 1.70. The maximum Gasteiger partial charge on any atom is -0.00116 e. The second-order valence-corrected chi connectivity index (χ2v) is 3.77. The van der Waals surface area contributed by atoms with E-state index < -0.39 is 0 Å². The first-order chi connectivity index (χ1) is 5.45. The summed E-state index contributed by atoms with van der Waals surface area (Å²) in [6, 6.07) is 0. The first kappa shape index (κ1) is 10.1. The maximum absolute atomic E-state index is 3.43. The fraction of sp³-hybridized carbons (Fsp3) is 0.800. The molecule has 2 heteroatoms. The number of hydrogen-bond donors (Lipinski definition) is 1. The van der Waals surface area contributed by atoms with Gasteiger partial charge >= 0.3 is 0 Å². The molecule has 12 heavy (non-hydrogen) atoms. The molecule has 0 atom stereocenters. The molecule has 0 unspecified atom stereocenters. The van der Waals surface area contributed by atoms with Gasteiger partial charge in [-0.1, -0.05) is 11.6 Å². The van der Waals surface area contributed by atoms with Crippen LogP contribution in [-0.4, -0.2) is 13.1 Å². The topological polar surface area (TPSA) is 12.0 Å². The highest BCUT2D eigenvalue weighted by Gasteiger charge is 2.19. The number of rotatable bonds is 1. The van der Waals surface area contributed by atoms with Crippen molar-refractivity contribution < 1.29 is 0 Å². The third-order valence-electron chi connectivity index (χ3n) is 2.57. The van der Waals surface area contributed by atoms with Gasteiger partial charge in [0.05, 0.1) is 0 Å². The Kier molecular flexibility index (Phi) is 4.10. The van der Waals surface area contributed by atoms with Gasteiger partial charge in [-0.25, -0.2) is 0 Å². The van der Waals surface area contributed by atoms with Crippen LogP contribution in [0.2, 0.25) is 0 Å². The largest absolute Gasteiger partial charge is 0.316 e. The van der Waals surface area contributed by atoms with Crippen molar-refractivity contribution in [3.05, 3.63) is 11.6 Å². The zero-order valence-corrected chi connectivity index (χ0v) is 8.33. The van der Waals surface area contributed by atoms with Crippen LogP contribution in [0, 0.1) is 5.92 Å². The van der Waals surface area contributed by atoms with E-state index in [1.165, 1.54) is 45.2 Å². The summed E-state index contributed by atoms with van der Waals surface area (Å²) in [4.78, 5) is 0. The van der Waals surface area contributed by atoms with Gasteiger partial charge in [-0.3, -0.25) is 0 Å². The summed E-state index contributed by atoms with van der Waals surface area (Å²) in [5, 5.41) is 3.43. The van der Waals surface area contributed by atoms with Crippen LogP contribution in [0.25, 0.3) is 0 Å². The molecule has 1 aliphatic carbocycles. The average Bonchev–Trinajstić information content (AvgIpc) is 2.77. The normalized spacial score (nSPS) is 27.8. The molecular formula is C10H18ClN. The third kappa shape index (κ3) is 3.16. The zero-order valence-electron chi connectivity index (χ0n) is 7.51. The van der Waals surface area contributed by atoms with E-state index in [-0.39, 0.29) is 12.4 Å². The molecule has 1 N–H and O–H groups in total. The Morgan fingerprint density at radius 3 is 2.75 bits per heavy atom. The molecule has 1 saturated heterocycles. The Bertz CT molecular complexity index is 151.